The largest absolute Gasteiger partial charge is 0.490 e. The zero-order valence-electron chi connectivity index (χ0n) is 16.7. The lowest BCUT2D eigenvalue weighted by Gasteiger charge is -2.22. The van der Waals surface area contributed by atoms with E-state index in [9.17, 15) is 0 Å². The third kappa shape index (κ3) is 7.02. The summed E-state index contributed by atoms with van der Waals surface area (Å²) in [6.45, 7) is 7.14. The third-order valence-electron chi connectivity index (χ3n) is 4.44. The molecule has 0 atom stereocenters. The van der Waals surface area contributed by atoms with Crippen molar-refractivity contribution in [3.05, 3.63) is 32.6 Å². The van der Waals surface area contributed by atoms with Crippen LogP contribution in [-0.2, 0) is 22.6 Å². The highest BCUT2D eigenvalue weighted by molar-refractivity contribution is 7.10. The number of fused-ring (bicyclic) bond motifs is 2. The number of hydrogen-bond acceptors (Lipinski definition) is 8. The summed E-state index contributed by atoms with van der Waals surface area (Å²) in [6, 6.07) is 4.10. The van der Waals surface area contributed by atoms with Gasteiger partial charge in [-0.2, -0.15) is 0 Å². The summed E-state index contributed by atoms with van der Waals surface area (Å²) in [4.78, 5) is 7.20. The smallest absolute Gasteiger partial charge is 0.134 e. The molecule has 0 saturated heterocycles. The standard InChI is InChI=1S/C20H30N2O4S2/c1-21-5-6-22(2)16-20-18(4-14-28-20)26-12-10-24-8-7-23-9-11-25-17-3-13-27-19(17)15-21/h3-4,13-14H,5-12,15-16H2,1-2H3. The quantitative estimate of drug-likeness (QED) is 0.645. The van der Waals surface area contributed by atoms with E-state index in [-0.39, 0.29) is 0 Å². The van der Waals surface area contributed by atoms with E-state index in [4.69, 9.17) is 18.9 Å². The molecule has 0 saturated carbocycles. The average Bonchev–Trinajstić information content (AvgIpc) is 3.30. The summed E-state index contributed by atoms with van der Waals surface area (Å²) in [5.74, 6) is 1.94. The topological polar surface area (TPSA) is 43.4 Å². The highest BCUT2D eigenvalue weighted by Gasteiger charge is 2.12. The van der Waals surface area contributed by atoms with E-state index in [0.717, 1.165) is 37.7 Å². The van der Waals surface area contributed by atoms with Gasteiger partial charge in [0.05, 0.1) is 36.2 Å². The molecule has 0 unspecified atom stereocenters. The molecule has 2 aromatic rings. The van der Waals surface area contributed by atoms with Crippen molar-refractivity contribution in [3.63, 3.8) is 0 Å². The van der Waals surface area contributed by atoms with Gasteiger partial charge in [-0.1, -0.05) is 0 Å². The monoisotopic (exact) mass is 426 g/mol. The zero-order valence-corrected chi connectivity index (χ0v) is 18.4. The normalized spacial score (nSPS) is 19.8. The molecule has 3 rings (SSSR count). The first-order valence-electron chi connectivity index (χ1n) is 9.63. The minimum Gasteiger partial charge on any atom is -0.490 e. The lowest BCUT2D eigenvalue weighted by Crippen LogP contribution is -2.30. The molecule has 6 nitrogen and oxygen atoms in total. The van der Waals surface area contributed by atoms with Crippen molar-refractivity contribution in [1.82, 2.24) is 9.80 Å². The number of likely N-dealkylation sites (N-methyl/N-ethyl adjacent to an activating group) is 2. The van der Waals surface area contributed by atoms with Crippen LogP contribution in [0.15, 0.2) is 22.9 Å². The van der Waals surface area contributed by atoms with Crippen molar-refractivity contribution >= 4 is 22.7 Å². The number of hydrogen-bond donors (Lipinski definition) is 0. The molecule has 0 N–H and O–H groups in total. The predicted octanol–water partition coefficient (Wildman–Crippen LogP) is 3.18. The maximum atomic E-state index is 5.90. The summed E-state index contributed by atoms with van der Waals surface area (Å²) in [7, 11) is 4.32. The van der Waals surface area contributed by atoms with Gasteiger partial charge in [0.2, 0.25) is 0 Å². The van der Waals surface area contributed by atoms with Crippen LogP contribution in [0.3, 0.4) is 0 Å². The van der Waals surface area contributed by atoms with Gasteiger partial charge in [0.1, 0.15) is 24.7 Å². The van der Waals surface area contributed by atoms with Gasteiger partial charge >= 0.3 is 0 Å². The molecule has 1 aliphatic heterocycles. The van der Waals surface area contributed by atoms with Crippen LogP contribution in [0.1, 0.15) is 9.75 Å². The molecular weight excluding hydrogens is 396 g/mol. The first-order valence-corrected chi connectivity index (χ1v) is 11.4. The van der Waals surface area contributed by atoms with Crippen LogP contribution in [0.25, 0.3) is 0 Å². The molecule has 156 valence electrons. The molecule has 2 aromatic heterocycles. The van der Waals surface area contributed by atoms with Gasteiger partial charge in [0.25, 0.3) is 0 Å². The molecule has 0 amide bonds. The van der Waals surface area contributed by atoms with Gasteiger partial charge in [-0.3, -0.25) is 9.80 Å². The molecule has 0 aromatic carbocycles. The second-order valence-corrected chi connectivity index (χ2v) is 8.81. The first-order chi connectivity index (χ1) is 13.7. The minimum atomic E-state index is 0.556. The van der Waals surface area contributed by atoms with Gasteiger partial charge < -0.3 is 18.9 Å². The maximum Gasteiger partial charge on any atom is 0.134 e. The number of ether oxygens (including phenoxy) is 4. The van der Waals surface area contributed by atoms with Crippen LogP contribution in [0.4, 0.5) is 0 Å². The Morgan fingerprint density at radius 1 is 0.679 bits per heavy atom. The molecular formula is C20H30N2O4S2. The van der Waals surface area contributed by atoms with E-state index in [1.54, 1.807) is 22.7 Å². The molecule has 0 aliphatic carbocycles. The molecule has 28 heavy (non-hydrogen) atoms. The predicted molar refractivity (Wildman–Crippen MR) is 114 cm³/mol. The van der Waals surface area contributed by atoms with Crippen molar-refractivity contribution in [2.24, 2.45) is 0 Å². The summed E-state index contributed by atoms with van der Waals surface area (Å²) < 4.78 is 23.0. The SMILES string of the molecule is CN1CCN(C)Cc2sccc2OCCOCCOCCOc2ccsc2C1. The minimum absolute atomic E-state index is 0.556. The van der Waals surface area contributed by atoms with Crippen LogP contribution < -0.4 is 9.47 Å². The van der Waals surface area contributed by atoms with E-state index in [2.05, 4.69) is 34.7 Å². The Kier molecular flexibility index (Phi) is 9.04. The molecule has 0 radical (unpaired) electrons. The van der Waals surface area contributed by atoms with Crippen molar-refractivity contribution in [2.75, 3.05) is 66.8 Å². The van der Waals surface area contributed by atoms with E-state index in [1.807, 2.05) is 12.1 Å². The fourth-order valence-electron chi connectivity index (χ4n) is 2.88. The van der Waals surface area contributed by atoms with Crippen molar-refractivity contribution in [2.45, 2.75) is 13.1 Å². The Morgan fingerprint density at radius 2 is 1.11 bits per heavy atom. The Labute approximate surface area is 175 Å². The van der Waals surface area contributed by atoms with E-state index in [0.29, 0.717) is 39.6 Å². The van der Waals surface area contributed by atoms with Crippen molar-refractivity contribution < 1.29 is 18.9 Å². The molecule has 8 heteroatoms. The van der Waals surface area contributed by atoms with Gasteiger partial charge in [-0.15, -0.1) is 22.7 Å². The second kappa shape index (κ2) is 11.7. The van der Waals surface area contributed by atoms with Gasteiger partial charge in [-0.05, 0) is 37.0 Å². The number of nitrogens with zero attached hydrogens (tertiary/aromatic N) is 2. The van der Waals surface area contributed by atoms with Crippen LogP contribution in [-0.4, -0.2) is 76.6 Å². The molecule has 1 aliphatic rings. The Morgan fingerprint density at radius 3 is 1.57 bits per heavy atom. The van der Waals surface area contributed by atoms with Crippen LogP contribution in [0, 0.1) is 0 Å². The van der Waals surface area contributed by atoms with Crippen LogP contribution in [0.5, 0.6) is 11.5 Å². The molecule has 3 heterocycles. The van der Waals surface area contributed by atoms with E-state index < -0.39 is 0 Å². The second-order valence-electron chi connectivity index (χ2n) is 6.81. The fraction of sp³-hybridized carbons (Fsp3) is 0.600. The summed E-state index contributed by atoms with van der Waals surface area (Å²) in [6.07, 6.45) is 0. The number of rotatable bonds is 0. The lowest BCUT2D eigenvalue weighted by molar-refractivity contribution is 0.0271. The highest BCUT2D eigenvalue weighted by atomic mass is 32.1. The molecule has 0 spiro atoms. The fourth-order valence-corrected chi connectivity index (χ4v) is 4.67. The zero-order chi connectivity index (χ0) is 19.6. The average molecular weight is 427 g/mol. The third-order valence-corrected chi connectivity index (χ3v) is 6.22. The maximum absolute atomic E-state index is 5.90. The van der Waals surface area contributed by atoms with Crippen LogP contribution in [0.2, 0.25) is 0 Å². The summed E-state index contributed by atoms with van der Waals surface area (Å²) >= 11 is 3.49. The lowest BCUT2D eigenvalue weighted by atomic mass is 10.3. The highest BCUT2D eigenvalue weighted by Crippen LogP contribution is 2.27. The van der Waals surface area contributed by atoms with E-state index >= 15 is 0 Å². The van der Waals surface area contributed by atoms with Gasteiger partial charge in [0, 0.05) is 26.2 Å². The van der Waals surface area contributed by atoms with Gasteiger partial charge in [0.15, 0.2) is 0 Å². The molecule has 0 fully saturated rings. The number of thiophene rings is 2. The summed E-state index contributed by atoms with van der Waals surface area (Å²) in [5, 5.41) is 4.18. The van der Waals surface area contributed by atoms with Crippen LogP contribution >= 0.6 is 22.7 Å². The van der Waals surface area contributed by atoms with Crippen molar-refractivity contribution in [1.29, 1.82) is 0 Å². The van der Waals surface area contributed by atoms with Crippen molar-refractivity contribution in [3.8, 4) is 11.5 Å². The van der Waals surface area contributed by atoms with Gasteiger partial charge in [-0.25, -0.2) is 0 Å². The Bertz CT molecular complexity index is 633. The van der Waals surface area contributed by atoms with E-state index in [1.165, 1.54) is 9.75 Å². The first kappa shape index (κ1) is 21.5. The Hall–Kier alpha value is -1.16. The summed E-state index contributed by atoms with van der Waals surface area (Å²) in [5.41, 5.74) is 0. The molecule has 0 bridgehead atoms. The Balaban J connectivity index is 1.58.